The summed E-state index contributed by atoms with van der Waals surface area (Å²) in [4.78, 5) is 0.329. The van der Waals surface area contributed by atoms with Crippen molar-refractivity contribution in [3.63, 3.8) is 0 Å². The minimum atomic E-state index is -3.41. The SMILES string of the molecule is CCCc1ccc(S(=O)(=O)NCCc2ccccc2)cc1. The number of sulfonamides is 1. The normalized spacial score (nSPS) is 11.5. The monoisotopic (exact) mass is 303 g/mol. The van der Waals surface area contributed by atoms with E-state index in [9.17, 15) is 8.42 Å². The highest BCUT2D eigenvalue weighted by atomic mass is 32.2. The molecule has 4 heteroatoms. The molecule has 0 spiro atoms. The summed E-state index contributed by atoms with van der Waals surface area (Å²) in [7, 11) is -3.41. The Hall–Kier alpha value is -1.65. The zero-order valence-corrected chi connectivity index (χ0v) is 13.1. The van der Waals surface area contributed by atoms with Crippen molar-refractivity contribution in [1.82, 2.24) is 4.72 Å². The lowest BCUT2D eigenvalue weighted by Crippen LogP contribution is -2.26. The molecular formula is C17H21NO2S. The van der Waals surface area contributed by atoms with Crippen molar-refractivity contribution in [3.05, 3.63) is 65.7 Å². The van der Waals surface area contributed by atoms with Gasteiger partial charge in [-0.05, 0) is 36.1 Å². The van der Waals surface area contributed by atoms with Crippen LogP contribution in [0, 0.1) is 0 Å². The number of hydrogen-bond acceptors (Lipinski definition) is 2. The molecule has 2 aromatic rings. The Balaban J connectivity index is 1.95. The van der Waals surface area contributed by atoms with Crippen molar-refractivity contribution >= 4 is 10.0 Å². The van der Waals surface area contributed by atoms with E-state index in [1.54, 1.807) is 12.1 Å². The summed E-state index contributed by atoms with van der Waals surface area (Å²) < 4.78 is 27.0. The van der Waals surface area contributed by atoms with Crippen molar-refractivity contribution in [2.24, 2.45) is 0 Å². The summed E-state index contributed by atoms with van der Waals surface area (Å²) in [6.07, 6.45) is 2.72. The maximum absolute atomic E-state index is 12.2. The summed E-state index contributed by atoms with van der Waals surface area (Å²) in [5.41, 5.74) is 2.29. The van der Waals surface area contributed by atoms with E-state index >= 15 is 0 Å². The van der Waals surface area contributed by atoms with E-state index in [1.165, 1.54) is 5.56 Å². The van der Waals surface area contributed by atoms with Crippen LogP contribution in [0.25, 0.3) is 0 Å². The fraction of sp³-hybridized carbons (Fsp3) is 0.294. The maximum Gasteiger partial charge on any atom is 0.240 e. The summed E-state index contributed by atoms with van der Waals surface area (Å²) in [5, 5.41) is 0. The van der Waals surface area contributed by atoms with Gasteiger partial charge in [0.15, 0.2) is 0 Å². The molecule has 0 heterocycles. The van der Waals surface area contributed by atoms with Gasteiger partial charge in [-0.1, -0.05) is 55.8 Å². The zero-order valence-electron chi connectivity index (χ0n) is 12.2. The van der Waals surface area contributed by atoms with E-state index in [-0.39, 0.29) is 0 Å². The first-order valence-electron chi connectivity index (χ1n) is 7.24. The van der Waals surface area contributed by atoms with Crippen LogP contribution in [0.5, 0.6) is 0 Å². The molecule has 0 saturated heterocycles. The van der Waals surface area contributed by atoms with Crippen LogP contribution in [-0.2, 0) is 22.9 Å². The van der Waals surface area contributed by atoms with Gasteiger partial charge in [-0.15, -0.1) is 0 Å². The highest BCUT2D eigenvalue weighted by molar-refractivity contribution is 7.89. The molecule has 0 bridgehead atoms. The van der Waals surface area contributed by atoms with E-state index in [4.69, 9.17) is 0 Å². The Morgan fingerprint density at radius 1 is 0.857 bits per heavy atom. The van der Waals surface area contributed by atoms with E-state index < -0.39 is 10.0 Å². The van der Waals surface area contributed by atoms with Gasteiger partial charge in [-0.25, -0.2) is 13.1 Å². The Labute approximate surface area is 127 Å². The molecule has 0 aromatic heterocycles. The molecule has 3 nitrogen and oxygen atoms in total. The number of rotatable bonds is 7. The highest BCUT2D eigenvalue weighted by Gasteiger charge is 2.12. The molecule has 112 valence electrons. The highest BCUT2D eigenvalue weighted by Crippen LogP contribution is 2.12. The minimum Gasteiger partial charge on any atom is -0.211 e. The first-order valence-corrected chi connectivity index (χ1v) is 8.72. The lowest BCUT2D eigenvalue weighted by molar-refractivity contribution is 0.581. The molecule has 0 radical (unpaired) electrons. The van der Waals surface area contributed by atoms with Crippen LogP contribution < -0.4 is 4.72 Å². The Kier molecular flexibility index (Phi) is 5.53. The van der Waals surface area contributed by atoms with Crippen LogP contribution in [-0.4, -0.2) is 15.0 Å². The predicted molar refractivity (Wildman–Crippen MR) is 85.8 cm³/mol. The van der Waals surface area contributed by atoms with Gasteiger partial charge >= 0.3 is 0 Å². The third-order valence-corrected chi connectivity index (χ3v) is 4.80. The molecular weight excluding hydrogens is 282 g/mol. The van der Waals surface area contributed by atoms with E-state index in [1.807, 2.05) is 42.5 Å². The first-order chi connectivity index (χ1) is 10.1. The molecule has 0 saturated carbocycles. The van der Waals surface area contributed by atoms with E-state index in [0.717, 1.165) is 18.4 Å². The number of hydrogen-bond donors (Lipinski definition) is 1. The summed E-state index contributed by atoms with van der Waals surface area (Å²) in [6, 6.07) is 17.0. The topological polar surface area (TPSA) is 46.2 Å². The standard InChI is InChI=1S/C17H21NO2S/c1-2-6-15-9-11-17(12-10-15)21(19,20)18-14-13-16-7-4-3-5-8-16/h3-5,7-12,18H,2,6,13-14H2,1H3. The van der Waals surface area contributed by atoms with Gasteiger partial charge in [-0.3, -0.25) is 0 Å². The fourth-order valence-electron chi connectivity index (χ4n) is 2.18. The molecule has 21 heavy (non-hydrogen) atoms. The molecule has 0 unspecified atom stereocenters. The number of aryl methyl sites for hydroxylation is 1. The van der Waals surface area contributed by atoms with Crippen LogP contribution in [0.3, 0.4) is 0 Å². The second kappa shape index (κ2) is 7.38. The molecule has 0 aliphatic rings. The fourth-order valence-corrected chi connectivity index (χ4v) is 3.21. The van der Waals surface area contributed by atoms with E-state index in [0.29, 0.717) is 17.9 Å². The molecule has 0 fully saturated rings. The lowest BCUT2D eigenvalue weighted by atomic mass is 10.1. The number of benzene rings is 2. The summed E-state index contributed by atoms with van der Waals surface area (Å²) in [6.45, 7) is 2.51. The van der Waals surface area contributed by atoms with Gasteiger partial charge in [0.05, 0.1) is 4.90 Å². The first kappa shape index (κ1) is 15.7. The third-order valence-electron chi connectivity index (χ3n) is 3.32. The van der Waals surface area contributed by atoms with Gasteiger partial charge in [0, 0.05) is 6.54 Å². The molecule has 2 rings (SSSR count). The third kappa shape index (κ3) is 4.69. The molecule has 0 aliphatic carbocycles. The number of nitrogens with one attached hydrogen (secondary N) is 1. The smallest absolute Gasteiger partial charge is 0.211 e. The van der Waals surface area contributed by atoms with Gasteiger partial charge in [-0.2, -0.15) is 0 Å². The van der Waals surface area contributed by atoms with Crippen LogP contribution >= 0.6 is 0 Å². The Morgan fingerprint density at radius 2 is 1.48 bits per heavy atom. The lowest BCUT2D eigenvalue weighted by Gasteiger charge is -2.07. The van der Waals surface area contributed by atoms with Gasteiger partial charge in [0.2, 0.25) is 10.0 Å². The van der Waals surface area contributed by atoms with Gasteiger partial charge in [0.1, 0.15) is 0 Å². The van der Waals surface area contributed by atoms with Crippen LogP contribution in [0.4, 0.5) is 0 Å². The van der Waals surface area contributed by atoms with Crippen LogP contribution in [0.15, 0.2) is 59.5 Å². The predicted octanol–water partition coefficient (Wildman–Crippen LogP) is 3.16. The van der Waals surface area contributed by atoms with Crippen molar-refractivity contribution < 1.29 is 8.42 Å². The van der Waals surface area contributed by atoms with Crippen molar-refractivity contribution in [1.29, 1.82) is 0 Å². The van der Waals surface area contributed by atoms with E-state index in [2.05, 4.69) is 11.6 Å². The van der Waals surface area contributed by atoms with Crippen molar-refractivity contribution in [2.45, 2.75) is 31.1 Å². The largest absolute Gasteiger partial charge is 0.240 e. The average molecular weight is 303 g/mol. The van der Waals surface area contributed by atoms with Gasteiger partial charge in [0.25, 0.3) is 0 Å². The Bertz CT molecular complexity index is 649. The molecule has 2 aromatic carbocycles. The molecule has 0 amide bonds. The van der Waals surface area contributed by atoms with Crippen molar-refractivity contribution in [2.75, 3.05) is 6.54 Å². The molecule has 0 atom stereocenters. The quantitative estimate of drug-likeness (QED) is 0.854. The Morgan fingerprint density at radius 3 is 2.10 bits per heavy atom. The zero-order chi connectivity index (χ0) is 15.1. The van der Waals surface area contributed by atoms with Gasteiger partial charge < -0.3 is 0 Å². The second-order valence-electron chi connectivity index (χ2n) is 5.03. The maximum atomic E-state index is 12.2. The minimum absolute atomic E-state index is 0.329. The molecule has 1 N–H and O–H groups in total. The van der Waals surface area contributed by atoms with Crippen molar-refractivity contribution in [3.8, 4) is 0 Å². The average Bonchev–Trinajstić information content (AvgIpc) is 2.49. The second-order valence-corrected chi connectivity index (χ2v) is 6.79. The van der Waals surface area contributed by atoms with Crippen LogP contribution in [0.2, 0.25) is 0 Å². The summed E-state index contributed by atoms with van der Waals surface area (Å²) in [5.74, 6) is 0. The summed E-state index contributed by atoms with van der Waals surface area (Å²) >= 11 is 0. The van der Waals surface area contributed by atoms with Crippen LogP contribution in [0.1, 0.15) is 24.5 Å². The molecule has 0 aliphatic heterocycles.